The number of hydrogen-bond donors (Lipinski definition) is 6. The minimum absolute atomic E-state index is 0.0691. The van der Waals surface area contributed by atoms with Gasteiger partial charge in [-0.25, -0.2) is 4.79 Å². The lowest BCUT2D eigenvalue weighted by Crippen LogP contribution is -2.56. The highest BCUT2D eigenvalue weighted by Gasteiger charge is 2.29. The molecule has 1 heterocycles. The number of carbonyl (C=O) groups excluding carboxylic acids is 2. The molecule has 0 fully saturated rings. The lowest BCUT2D eigenvalue weighted by molar-refractivity contribution is -0.141. The van der Waals surface area contributed by atoms with Crippen LogP contribution in [0.3, 0.4) is 0 Å². The van der Waals surface area contributed by atoms with Crippen molar-refractivity contribution in [3.05, 3.63) is 36.0 Å². The summed E-state index contributed by atoms with van der Waals surface area (Å²) in [6, 6.07) is 4.67. The van der Waals surface area contributed by atoms with Crippen molar-refractivity contribution < 1.29 is 19.5 Å². The first-order chi connectivity index (χ1) is 13.2. The zero-order valence-electron chi connectivity index (χ0n) is 15.8. The Balaban J connectivity index is 2.25. The molecule has 1 aromatic heterocycles. The average Bonchev–Trinajstić information content (AvgIpc) is 3.07. The molecule has 0 aliphatic carbocycles. The number of carboxylic acid groups (broad SMARTS) is 1. The Kier molecular flexibility index (Phi) is 7.47. The summed E-state index contributed by atoms with van der Waals surface area (Å²) in [6.45, 7) is 3.61. The van der Waals surface area contributed by atoms with E-state index >= 15 is 0 Å². The predicted octanol–water partition coefficient (Wildman–Crippen LogP) is 0.678. The number of nitrogens with two attached hydrogens (primary N) is 1. The number of H-pyrrole nitrogens is 1. The van der Waals surface area contributed by atoms with Gasteiger partial charge in [0.2, 0.25) is 11.8 Å². The van der Waals surface area contributed by atoms with Crippen LogP contribution in [0.2, 0.25) is 0 Å². The van der Waals surface area contributed by atoms with Crippen LogP contribution in [-0.4, -0.2) is 51.8 Å². The molecule has 0 saturated heterocycles. The summed E-state index contributed by atoms with van der Waals surface area (Å²) >= 11 is 3.96. The Bertz CT molecular complexity index is 851. The molecule has 1 aromatic carbocycles. The van der Waals surface area contributed by atoms with Crippen LogP contribution in [0, 0.1) is 5.92 Å². The lowest BCUT2D eigenvalue weighted by atomic mass is 10.0. The molecule has 3 atom stereocenters. The maximum absolute atomic E-state index is 12.7. The SMILES string of the molecule is CC(C)C(N)C(=O)NC(Cc1c[nH]c2ccccc12)C(=O)NC(CS)C(=O)O. The Morgan fingerprint density at radius 2 is 1.79 bits per heavy atom. The molecule has 0 radical (unpaired) electrons. The van der Waals surface area contributed by atoms with Gasteiger partial charge in [0.25, 0.3) is 0 Å². The van der Waals surface area contributed by atoms with E-state index in [0.29, 0.717) is 0 Å². The van der Waals surface area contributed by atoms with E-state index in [1.807, 2.05) is 24.3 Å². The van der Waals surface area contributed by atoms with Gasteiger partial charge in [-0.3, -0.25) is 9.59 Å². The normalized spacial score (nSPS) is 14.5. The zero-order chi connectivity index (χ0) is 20.8. The molecule has 9 heteroatoms. The van der Waals surface area contributed by atoms with Gasteiger partial charge in [0.15, 0.2) is 0 Å². The summed E-state index contributed by atoms with van der Waals surface area (Å²) in [4.78, 5) is 39.5. The van der Waals surface area contributed by atoms with Crippen molar-refractivity contribution in [2.75, 3.05) is 5.75 Å². The number of aromatic nitrogens is 1. The number of nitrogens with one attached hydrogen (secondary N) is 3. The quantitative estimate of drug-likeness (QED) is 0.340. The number of hydrogen-bond acceptors (Lipinski definition) is 5. The highest BCUT2D eigenvalue weighted by atomic mass is 32.1. The number of carboxylic acids is 1. The molecule has 8 nitrogen and oxygen atoms in total. The van der Waals surface area contributed by atoms with E-state index in [4.69, 9.17) is 10.8 Å². The number of aliphatic carboxylic acids is 1. The van der Waals surface area contributed by atoms with E-state index in [1.54, 1.807) is 20.0 Å². The van der Waals surface area contributed by atoms with E-state index in [2.05, 4.69) is 28.2 Å². The van der Waals surface area contributed by atoms with Crippen molar-refractivity contribution in [1.82, 2.24) is 15.6 Å². The topological polar surface area (TPSA) is 137 Å². The summed E-state index contributed by atoms with van der Waals surface area (Å²) in [5.74, 6) is -2.44. The van der Waals surface area contributed by atoms with Crippen LogP contribution < -0.4 is 16.4 Å². The number of para-hydroxylation sites is 1. The van der Waals surface area contributed by atoms with Gasteiger partial charge in [-0.2, -0.15) is 12.6 Å². The molecule has 2 aromatic rings. The summed E-state index contributed by atoms with van der Waals surface area (Å²) in [6.07, 6.45) is 1.96. The van der Waals surface area contributed by atoms with E-state index in [9.17, 15) is 14.4 Å². The second-order valence-electron chi connectivity index (χ2n) is 6.98. The molecule has 0 saturated carbocycles. The van der Waals surface area contributed by atoms with Gasteiger partial charge in [-0.15, -0.1) is 0 Å². The van der Waals surface area contributed by atoms with Crippen LogP contribution in [-0.2, 0) is 20.8 Å². The number of aromatic amines is 1. The standard InChI is InChI=1S/C19H26N4O4S/c1-10(2)16(20)18(25)22-14(17(24)23-15(9-28)19(26)27)7-11-8-21-13-6-4-3-5-12(11)13/h3-6,8,10,14-16,21,28H,7,9,20H2,1-2H3,(H,22,25)(H,23,24)(H,26,27). The maximum Gasteiger partial charge on any atom is 0.327 e. The summed E-state index contributed by atoms with van der Waals surface area (Å²) in [5.41, 5.74) is 7.62. The van der Waals surface area contributed by atoms with Crippen molar-refractivity contribution in [3.63, 3.8) is 0 Å². The molecule has 0 bridgehead atoms. The second-order valence-corrected chi connectivity index (χ2v) is 7.34. The highest BCUT2D eigenvalue weighted by Crippen LogP contribution is 2.19. The van der Waals surface area contributed by atoms with Crippen molar-refractivity contribution in [2.45, 2.75) is 38.4 Å². The molecular weight excluding hydrogens is 380 g/mol. The molecule has 2 amide bonds. The Hall–Kier alpha value is -2.52. The molecular formula is C19H26N4O4S. The van der Waals surface area contributed by atoms with Crippen LogP contribution in [0.25, 0.3) is 10.9 Å². The fraction of sp³-hybridized carbons (Fsp3) is 0.421. The van der Waals surface area contributed by atoms with Crippen LogP contribution in [0.1, 0.15) is 19.4 Å². The lowest BCUT2D eigenvalue weighted by Gasteiger charge is -2.23. The van der Waals surface area contributed by atoms with Gasteiger partial charge in [0.1, 0.15) is 12.1 Å². The number of thiol groups is 1. The van der Waals surface area contributed by atoms with Gasteiger partial charge in [0.05, 0.1) is 6.04 Å². The molecule has 6 N–H and O–H groups in total. The average molecular weight is 407 g/mol. The fourth-order valence-electron chi connectivity index (χ4n) is 2.76. The van der Waals surface area contributed by atoms with Crippen molar-refractivity contribution in [1.29, 1.82) is 0 Å². The number of benzene rings is 1. The van der Waals surface area contributed by atoms with Gasteiger partial charge in [-0.1, -0.05) is 32.0 Å². The maximum atomic E-state index is 12.7. The third-order valence-corrected chi connectivity index (χ3v) is 4.92. The molecule has 0 aliphatic rings. The highest BCUT2D eigenvalue weighted by molar-refractivity contribution is 7.80. The Labute approximate surface area is 168 Å². The molecule has 0 aliphatic heterocycles. The molecule has 152 valence electrons. The van der Waals surface area contributed by atoms with Crippen molar-refractivity contribution in [3.8, 4) is 0 Å². The minimum Gasteiger partial charge on any atom is -0.480 e. The largest absolute Gasteiger partial charge is 0.480 e. The Morgan fingerprint density at radius 1 is 1.14 bits per heavy atom. The first-order valence-electron chi connectivity index (χ1n) is 8.99. The number of carbonyl (C=O) groups is 3. The van der Waals surface area contributed by atoms with E-state index in [0.717, 1.165) is 16.5 Å². The second kappa shape index (κ2) is 9.61. The molecule has 28 heavy (non-hydrogen) atoms. The number of fused-ring (bicyclic) bond motifs is 1. The van der Waals surface area contributed by atoms with Gasteiger partial charge in [-0.05, 0) is 17.5 Å². The number of rotatable bonds is 9. The van der Waals surface area contributed by atoms with Crippen LogP contribution in [0.15, 0.2) is 30.5 Å². The minimum atomic E-state index is -1.19. The van der Waals surface area contributed by atoms with E-state index in [-0.39, 0.29) is 18.1 Å². The third-order valence-electron chi connectivity index (χ3n) is 4.55. The van der Waals surface area contributed by atoms with Crippen LogP contribution in [0.5, 0.6) is 0 Å². The van der Waals surface area contributed by atoms with Crippen molar-refractivity contribution in [2.24, 2.45) is 11.7 Å². The van der Waals surface area contributed by atoms with Crippen LogP contribution >= 0.6 is 12.6 Å². The summed E-state index contributed by atoms with van der Waals surface area (Å²) < 4.78 is 0. The monoisotopic (exact) mass is 406 g/mol. The van der Waals surface area contributed by atoms with Crippen LogP contribution in [0.4, 0.5) is 0 Å². The smallest absolute Gasteiger partial charge is 0.327 e. The molecule has 0 spiro atoms. The van der Waals surface area contributed by atoms with E-state index < -0.39 is 35.9 Å². The molecule has 3 unspecified atom stereocenters. The first-order valence-corrected chi connectivity index (χ1v) is 9.62. The van der Waals surface area contributed by atoms with Crippen molar-refractivity contribution >= 4 is 41.3 Å². The Morgan fingerprint density at radius 3 is 2.39 bits per heavy atom. The zero-order valence-corrected chi connectivity index (χ0v) is 16.7. The van der Waals surface area contributed by atoms with Gasteiger partial charge < -0.3 is 26.5 Å². The molecule has 2 rings (SSSR count). The summed E-state index contributed by atoms with van der Waals surface area (Å²) in [5, 5.41) is 15.2. The van der Waals surface area contributed by atoms with Gasteiger partial charge in [0, 0.05) is 29.3 Å². The number of amides is 2. The third kappa shape index (κ3) is 5.26. The predicted molar refractivity (Wildman–Crippen MR) is 110 cm³/mol. The van der Waals surface area contributed by atoms with E-state index in [1.165, 1.54) is 0 Å². The first kappa shape index (κ1) is 21.8. The fourth-order valence-corrected chi connectivity index (χ4v) is 3.01. The summed E-state index contributed by atoms with van der Waals surface area (Å²) in [7, 11) is 0. The van der Waals surface area contributed by atoms with Gasteiger partial charge >= 0.3 is 5.97 Å².